The number of rotatable bonds is 5. The van der Waals surface area contributed by atoms with Crippen LogP contribution < -0.4 is 0 Å². The zero-order valence-corrected chi connectivity index (χ0v) is 17.3. The zero-order chi connectivity index (χ0) is 20.2. The van der Waals surface area contributed by atoms with Crippen LogP contribution in [0.3, 0.4) is 0 Å². The SMILES string of the molecule is C#C/C(C)=C(/C=N)c1cc(O)cc(CCc2ccc(S)c(C(C)(C)C)c2)c1. The molecule has 0 aliphatic heterocycles. The highest BCUT2D eigenvalue weighted by atomic mass is 32.1. The number of benzene rings is 2. The maximum Gasteiger partial charge on any atom is 0.116 e. The maximum atomic E-state index is 10.1. The van der Waals surface area contributed by atoms with Crippen molar-refractivity contribution in [2.45, 2.75) is 50.8 Å². The van der Waals surface area contributed by atoms with E-state index in [2.05, 4.69) is 57.5 Å². The van der Waals surface area contributed by atoms with Crippen LogP contribution in [0.15, 0.2) is 46.9 Å². The average molecular weight is 378 g/mol. The van der Waals surface area contributed by atoms with Crippen LogP contribution in [0, 0.1) is 17.8 Å². The normalized spacial score (nSPS) is 12.3. The van der Waals surface area contributed by atoms with Crippen LogP contribution in [-0.2, 0) is 18.3 Å². The lowest BCUT2D eigenvalue weighted by molar-refractivity contribution is 0.474. The highest BCUT2D eigenvalue weighted by Crippen LogP contribution is 2.30. The van der Waals surface area contributed by atoms with Gasteiger partial charge in [0, 0.05) is 22.3 Å². The summed E-state index contributed by atoms with van der Waals surface area (Å²) in [6.45, 7) is 8.36. The van der Waals surface area contributed by atoms with E-state index in [9.17, 15) is 5.11 Å². The summed E-state index contributed by atoms with van der Waals surface area (Å²) in [6.07, 6.45) is 8.37. The summed E-state index contributed by atoms with van der Waals surface area (Å²) in [4.78, 5) is 1.01. The van der Waals surface area contributed by atoms with Crippen LogP contribution in [0.5, 0.6) is 5.75 Å². The molecule has 2 aromatic rings. The molecule has 0 spiro atoms. The van der Waals surface area contributed by atoms with Gasteiger partial charge in [0.1, 0.15) is 5.75 Å². The lowest BCUT2D eigenvalue weighted by atomic mass is 9.85. The van der Waals surface area contributed by atoms with E-state index in [-0.39, 0.29) is 11.2 Å². The molecule has 2 nitrogen and oxygen atoms in total. The van der Waals surface area contributed by atoms with E-state index in [1.54, 1.807) is 19.1 Å². The number of terminal acetylenes is 1. The van der Waals surface area contributed by atoms with Crippen LogP contribution in [0.4, 0.5) is 0 Å². The largest absolute Gasteiger partial charge is 0.508 e. The first kappa shape index (κ1) is 20.9. The molecule has 2 aromatic carbocycles. The van der Waals surface area contributed by atoms with E-state index in [0.717, 1.165) is 28.9 Å². The van der Waals surface area contributed by atoms with E-state index in [1.807, 2.05) is 6.07 Å². The molecule has 0 saturated heterocycles. The number of aromatic hydroxyl groups is 1. The van der Waals surface area contributed by atoms with Gasteiger partial charge >= 0.3 is 0 Å². The third-order valence-corrected chi connectivity index (χ3v) is 5.01. The third-order valence-electron chi connectivity index (χ3n) is 4.62. The Bertz CT molecular complexity index is 926. The Hall–Kier alpha value is -2.44. The number of phenolic OH excluding ortho intramolecular Hbond substituents is 1. The van der Waals surface area contributed by atoms with Crippen molar-refractivity contribution in [3.8, 4) is 18.1 Å². The fourth-order valence-corrected chi connectivity index (χ4v) is 3.56. The minimum Gasteiger partial charge on any atom is -0.508 e. The first-order valence-corrected chi connectivity index (χ1v) is 9.44. The summed E-state index contributed by atoms with van der Waals surface area (Å²) < 4.78 is 0. The molecule has 0 atom stereocenters. The molecule has 0 unspecified atom stereocenters. The first-order chi connectivity index (χ1) is 12.7. The molecule has 3 heteroatoms. The van der Waals surface area contributed by atoms with Gasteiger partial charge in [-0.05, 0) is 65.6 Å². The van der Waals surface area contributed by atoms with Crippen molar-refractivity contribution >= 4 is 24.4 Å². The fraction of sp³-hybridized carbons (Fsp3) is 0.292. The second-order valence-electron chi connectivity index (χ2n) is 7.82. The minimum atomic E-state index is 0.0433. The summed E-state index contributed by atoms with van der Waals surface area (Å²) in [6, 6.07) is 11.8. The number of nitrogens with one attached hydrogen (secondary N) is 1. The van der Waals surface area contributed by atoms with Crippen LogP contribution in [0.1, 0.15) is 49.9 Å². The summed E-state index contributed by atoms with van der Waals surface area (Å²) in [5, 5.41) is 17.8. The van der Waals surface area contributed by atoms with Crippen LogP contribution in [0.2, 0.25) is 0 Å². The topological polar surface area (TPSA) is 44.1 Å². The molecule has 0 heterocycles. The summed E-state index contributed by atoms with van der Waals surface area (Å²) in [7, 11) is 0. The van der Waals surface area contributed by atoms with Crippen molar-refractivity contribution in [2.75, 3.05) is 0 Å². The summed E-state index contributed by atoms with van der Waals surface area (Å²) in [5.74, 6) is 2.76. The van der Waals surface area contributed by atoms with Crippen LogP contribution in [0.25, 0.3) is 5.57 Å². The number of phenols is 1. The monoisotopic (exact) mass is 377 g/mol. The first-order valence-electron chi connectivity index (χ1n) is 8.99. The lowest BCUT2D eigenvalue weighted by Crippen LogP contribution is -2.12. The van der Waals surface area contributed by atoms with E-state index < -0.39 is 0 Å². The van der Waals surface area contributed by atoms with Crippen molar-refractivity contribution in [1.82, 2.24) is 0 Å². The van der Waals surface area contributed by atoms with Gasteiger partial charge in [0.2, 0.25) is 0 Å². The van der Waals surface area contributed by atoms with Crippen LogP contribution >= 0.6 is 12.6 Å². The molecule has 140 valence electrons. The Morgan fingerprint density at radius 2 is 1.81 bits per heavy atom. The Morgan fingerprint density at radius 1 is 1.15 bits per heavy atom. The summed E-state index contributed by atoms with van der Waals surface area (Å²) >= 11 is 4.59. The van der Waals surface area contributed by atoms with Crippen molar-refractivity contribution in [2.24, 2.45) is 0 Å². The number of thiol groups is 1. The van der Waals surface area contributed by atoms with Gasteiger partial charge in [-0.25, -0.2) is 0 Å². The molecule has 0 fully saturated rings. The Morgan fingerprint density at radius 3 is 2.41 bits per heavy atom. The molecule has 2 rings (SSSR count). The number of aryl methyl sites for hydroxylation is 2. The molecule has 0 aliphatic rings. The number of allylic oxidation sites excluding steroid dienone is 2. The molecule has 27 heavy (non-hydrogen) atoms. The highest BCUT2D eigenvalue weighted by Gasteiger charge is 2.17. The Balaban J connectivity index is 2.30. The molecular formula is C24H27NOS. The molecule has 2 N–H and O–H groups in total. The van der Waals surface area contributed by atoms with E-state index >= 15 is 0 Å². The highest BCUT2D eigenvalue weighted by molar-refractivity contribution is 7.80. The molecule has 0 radical (unpaired) electrons. The van der Waals surface area contributed by atoms with Gasteiger partial charge in [-0.15, -0.1) is 19.1 Å². The van der Waals surface area contributed by atoms with Crippen LogP contribution in [-0.4, -0.2) is 11.3 Å². The van der Waals surface area contributed by atoms with Gasteiger partial charge in [0.05, 0.1) is 0 Å². The fourth-order valence-electron chi connectivity index (χ4n) is 3.09. The van der Waals surface area contributed by atoms with Gasteiger partial charge in [-0.2, -0.15) is 0 Å². The Kier molecular flexibility index (Phi) is 6.57. The molecular weight excluding hydrogens is 350 g/mol. The predicted octanol–water partition coefficient (Wildman–Crippen LogP) is 5.82. The molecule has 0 aromatic heterocycles. The smallest absolute Gasteiger partial charge is 0.116 e. The van der Waals surface area contributed by atoms with Crippen molar-refractivity contribution in [1.29, 1.82) is 5.41 Å². The van der Waals surface area contributed by atoms with Crippen molar-refractivity contribution < 1.29 is 5.11 Å². The quantitative estimate of drug-likeness (QED) is 0.343. The average Bonchev–Trinajstić information content (AvgIpc) is 2.60. The van der Waals surface area contributed by atoms with Crippen molar-refractivity contribution in [3.63, 3.8) is 0 Å². The van der Waals surface area contributed by atoms with Gasteiger partial charge in [0.25, 0.3) is 0 Å². The van der Waals surface area contributed by atoms with E-state index in [1.165, 1.54) is 17.3 Å². The van der Waals surface area contributed by atoms with Gasteiger partial charge in [-0.3, -0.25) is 0 Å². The lowest BCUT2D eigenvalue weighted by Gasteiger charge is -2.22. The number of hydrogen-bond acceptors (Lipinski definition) is 3. The van der Waals surface area contributed by atoms with E-state index in [0.29, 0.717) is 11.1 Å². The minimum absolute atomic E-state index is 0.0433. The summed E-state index contributed by atoms with van der Waals surface area (Å²) in [5.41, 5.74) is 5.65. The van der Waals surface area contributed by atoms with E-state index in [4.69, 9.17) is 11.8 Å². The number of hydrogen-bond donors (Lipinski definition) is 3. The Labute approximate surface area is 168 Å². The maximum absolute atomic E-state index is 10.1. The van der Waals surface area contributed by atoms with Gasteiger partial charge < -0.3 is 10.5 Å². The zero-order valence-electron chi connectivity index (χ0n) is 16.4. The predicted molar refractivity (Wildman–Crippen MR) is 118 cm³/mol. The molecule has 0 saturated carbocycles. The standard InChI is InChI=1S/C24H27NOS/c1-6-16(2)21(15-25)19-11-18(12-20(26)14-19)8-7-17-9-10-23(27)22(13-17)24(3,4)5/h1,9-15,25-27H,7-8H2,2-5H3/b21-16-,25-15?. The van der Waals surface area contributed by atoms with Gasteiger partial charge in [-0.1, -0.05) is 44.9 Å². The molecule has 0 bridgehead atoms. The molecule has 0 amide bonds. The third kappa shape index (κ3) is 5.28. The molecule has 0 aliphatic carbocycles. The second-order valence-corrected chi connectivity index (χ2v) is 8.30. The van der Waals surface area contributed by atoms with Crippen molar-refractivity contribution in [3.05, 3.63) is 64.2 Å². The van der Waals surface area contributed by atoms with Gasteiger partial charge in [0.15, 0.2) is 0 Å². The second kappa shape index (κ2) is 8.50.